The molecule has 0 aromatic heterocycles. The van der Waals surface area contributed by atoms with Crippen molar-refractivity contribution in [1.82, 2.24) is 5.32 Å². The number of aromatic hydroxyl groups is 1. The molecule has 114 valence electrons. The SMILES string of the molecule is CCCCCC(C)(C)CNCc1cc(Cl)cc(Cl)c1O. The van der Waals surface area contributed by atoms with Crippen LogP contribution in [0.2, 0.25) is 10.0 Å². The Hall–Kier alpha value is -0.440. The lowest BCUT2D eigenvalue weighted by Gasteiger charge is -2.25. The summed E-state index contributed by atoms with van der Waals surface area (Å²) in [5.41, 5.74) is 1.000. The molecule has 0 aliphatic heterocycles. The van der Waals surface area contributed by atoms with Crippen LogP contribution in [0.4, 0.5) is 0 Å². The molecule has 20 heavy (non-hydrogen) atoms. The van der Waals surface area contributed by atoms with E-state index in [0.717, 1.165) is 12.1 Å². The van der Waals surface area contributed by atoms with Gasteiger partial charge >= 0.3 is 0 Å². The second-order valence-electron chi connectivity index (χ2n) is 6.12. The summed E-state index contributed by atoms with van der Waals surface area (Å²) in [5, 5.41) is 14.1. The van der Waals surface area contributed by atoms with Crippen molar-refractivity contribution in [3.63, 3.8) is 0 Å². The minimum Gasteiger partial charge on any atom is -0.506 e. The summed E-state index contributed by atoms with van der Waals surface area (Å²) >= 11 is 11.9. The monoisotopic (exact) mass is 317 g/mol. The summed E-state index contributed by atoms with van der Waals surface area (Å²) in [6.07, 6.45) is 5.00. The number of phenolic OH excluding ortho intramolecular Hbond substituents is 1. The third-order valence-corrected chi connectivity index (χ3v) is 3.99. The van der Waals surface area contributed by atoms with Crippen molar-refractivity contribution in [2.24, 2.45) is 5.41 Å². The first-order valence-corrected chi connectivity index (χ1v) is 7.99. The van der Waals surface area contributed by atoms with Crippen LogP contribution in [0.15, 0.2) is 12.1 Å². The predicted octanol–water partition coefficient (Wildman–Crippen LogP) is 5.40. The fourth-order valence-corrected chi connectivity index (χ4v) is 2.77. The zero-order chi connectivity index (χ0) is 15.2. The highest BCUT2D eigenvalue weighted by Crippen LogP contribution is 2.31. The normalized spacial score (nSPS) is 11.8. The molecular weight excluding hydrogens is 293 g/mol. The molecule has 4 heteroatoms. The third kappa shape index (κ3) is 5.90. The molecule has 0 aliphatic carbocycles. The van der Waals surface area contributed by atoms with Crippen LogP contribution in [0.25, 0.3) is 0 Å². The minimum atomic E-state index is 0.118. The van der Waals surface area contributed by atoms with Gasteiger partial charge in [-0.1, -0.05) is 63.2 Å². The van der Waals surface area contributed by atoms with E-state index in [4.69, 9.17) is 23.2 Å². The molecule has 0 amide bonds. The summed E-state index contributed by atoms with van der Waals surface area (Å²) in [6, 6.07) is 3.30. The van der Waals surface area contributed by atoms with Gasteiger partial charge in [0.05, 0.1) is 5.02 Å². The zero-order valence-electron chi connectivity index (χ0n) is 12.6. The van der Waals surface area contributed by atoms with E-state index < -0.39 is 0 Å². The number of hydrogen-bond donors (Lipinski definition) is 2. The van der Waals surface area contributed by atoms with Crippen molar-refractivity contribution in [3.8, 4) is 5.75 Å². The third-order valence-electron chi connectivity index (χ3n) is 3.48. The molecule has 1 aromatic carbocycles. The fourth-order valence-electron chi connectivity index (χ4n) is 2.23. The van der Waals surface area contributed by atoms with Gasteiger partial charge in [-0.3, -0.25) is 0 Å². The highest BCUT2D eigenvalue weighted by atomic mass is 35.5. The summed E-state index contributed by atoms with van der Waals surface area (Å²) in [6.45, 7) is 8.22. The molecule has 0 saturated heterocycles. The molecule has 2 nitrogen and oxygen atoms in total. The Morgan fingerprint density at radius 2 is 1.90 bits per heavy atom. The maximum absolute atomic E-state index is 9.89. The van der Waals surface area contributed by atoms with E-state index in [0.29, 0.717) is 16.6 Å². The number of benzene rings is 1. The summed E-state index contributed by atoms with van der Waals surface area (Å²) in [5.74, 6) is 0.118. The van der Waals surface area contributed by atoms with Crippen molar-refractivity contribution in [1.29, 1.82) is 0 Å². The summed E-state index contributed by atoms with van der Waals surface area (Å²) in [4.78, 5) is 0. The predicted molar refractivity (Wildman–Crippen MR) is 87.8 cm³/mol. The molecule has 2 N–H and O–H groups in total. The number of phenols is 1. The van der Waals surface area contributed by atoms with Gasteiger partial charge in [-0.15, -0.1) is 0 Å². The molecule has 0 heterocycles. The Kier molecular flexibility index (Phi) is 7.14. The number of halogens is 2. The molecular formula is C16H25Cl2NO. The fraction of sp³-hybridized carbons (Fsp3) is 0.625. The molecule has 0 aliphatic rings. The van der Waals surface area contributed by atoms with Crippen molar-refractivity contribution in [2.45, 2.75) is 53.0 Å². The first kappa shape index (κ1) is 17.6. The number of unbranched alkanes of at least 4 members (excludes halogenated alkanes) is 2. The molecule has 0 unspecified atom stereocenters. The van der Waals surface area contributed by atoms with Crippen molar-refractivity contribution >= 4 is 23.2 Å². The average Bonchev–Trinajstić information content (AvgIpc) is 2.35. The van der Waals surface area contributed by atoms with E-state index in [9.17, 15) is 5.11 Å². The van der Waals surface area contributed by atoms with E-state index in [1.807, 2.05) is 0 Å². The second-order valence-corrected chi connectivity index (χ2v) is 6.96. The largest absolute Gasteiger partial charge is 0.506 e. The van der Waals surface area contributed by atoms with Crippen LogP contribution in [0.5, 0.6) is 5.75 Å². The molecule has 0 radical (unpaired) electrons. The maximum atomic E-state index is 9.89. The summed E-state index contributed by atoms with van der Waals surface area (Å²) in [7, 11) is 0. The number of rotatable bonds is 8. The second kappa shape index (κ2) is 8.11. The molecule has 0 bridgehead atoms. The minimum absolute atomic E-state index is 0.118. The Morgan fingerprint density at radius 3 is 2.55 bits per heavy atom. The molecule has 0 fully saturated rings. The van der Waals surface area contributed by atoms with Crippen LogP contribution in [-0.4, -0.2) is 11.7 Å². The summed E-state index contributed by atoms with van der Waals surface area (Å²) < 4.78 is 0. The Balaban J connectivity index is 2.48. The van der Waals surface area contributed by atoms with E-state index in [2.05, 4.69) is 26.1 Å². The van der Waals surface area contributed by atoms with Crippen LogP contribution in [0.1, 0.15) is 52.0 Å². The zero-order valence-corrected chi connectivity index (χ0v) is 14.1. The van der Waals surface area contributed by atoms with Crippen LogP contribution < -0.4 is 5.32 Å². The Labute approximate surface area is 132 Å². The van der Waals surface area contributed by atoms with E-state index in [1.165, 1.54) is 25.7 Å². The molecule has 1 aromatic rings. The van der Waals surface area contributed by atoms with Gasteiger partial charge in [0, 0.05) is 23.7 Å². The first-order valence-electron chi connectivity index (χ1n) is 7.23. The highest BCUT2D eigenvalue weighted by molar-refractivity contribution is 6.35. The van der Waals surface area contributed by atoms with Gasteiger partial charge in [-0.2, -0.15) is 0 Å². The molecule has 0 atom stereocenters. The van der Waals surface area contributed by atoms with Gasteiger partial charge in [0.25, 0.3) is 0 Å². The lowest BCUT2D eigenvalue weighted by Crippen LogP contribution is -2.29. The maximum Gasteiger partial charge on any atom is 0.138 e. The van der Waals surface area contributed by atoms with Gasteiger partial charge in [0.1, 0.15) is 5.75 Å². The van der Waals surface area contributed by atoms with E-state index >= 15 is 0 Å². The topological polar surface area (TPSA) is 32.3 Å². The average molecular weight is 318 g/mol. The Bertz CT molecular complexity index is 433. The van der Waals surface area contributed by atoms with Crippen LogP contribution >= 0.6 is 23.2 Å². The Morgan fingerprint density at radius 1 is 1.20 bits per heavy atom. The number of nitrogens with one attached hydrogen (secondary N) is 1. The van der Waals surface area contributed by atoms with Crippen molar-refractivity contribution in [3.05, 3.63) is 27.7 Å². The molecule has 0 saturated carbocycles. The quantitative estimate of drug-likeness (QED) is 0.629. The van der Waals surface area contributed by atoms with Crippen LogP contribution in [0, 0.1) is 5.41 Å². The smallest absolute Gasteiger partial charge is 0.138 e. The lowest BCUT2D eigenvalue weighted by atomic mass is 9.87. The van der Waals surface area contributed by atoms with Gasteiger partial charge < -0.3 is 10.4 Å². The van der Waals surface area contributed by atoms with Gasteiger partial charge in [-0.05, 0) is 24.0 Å². The molecule has 0 spiro atoms. The highest BCUT2D eigenvalue weighted by Gasteiger charge is 2.17. The standard InChI is InChI=1S/C16H25Cl2NO/c1-4-5-6-7-16(2,3)11-19-10-12-8-13(17)9-14(18)15(12)20/h8-9,19-20H,4-7,10-11H2,1-3H3. The van der Waals surface area contributed by atoms with Crippen LogP contribution in [-0.2, 0) is 6.54 Å². The number of hydrogen-bond acceptors (Lipinski definition) is 2. The van der Waals surface area contributed by atoms with E-state index in [1.54, 1.807) is 12.1 Å². The van der Waals surface area contributed by atoms with Gasteiger partial charge in [-0.25, -0.2) is 0 Å². The van der Waals surface area contributed by atoms with Gasteiger partial charge in [0.2, 0.25) is 0 Å². The lowest BCUT2D eigenvalue weighted by molar-refractivity contribution is 0.301. The van der Waals surface area contributed by atoms with Gasteiger partial charge in [0.15, 0.2) is 0 Å². The van der Waals surface area contributed by atoms with Crippen molar-refractivity contribution in [2.75, 3.05) is 6.54 Å². The van der Waals surface area contributed by atoms with Crippen molar-refractivity contribution < 1.29 is 5.11 Å². The van der Waals surface area contributed by atoms with Crippen LogP contribution in [0.3, 0.4) is 0 Å². The first-order chi connectivity index (χ1) is 9.35. The molecule has 1 rings (SSSR count). The van der Waals surface area contributed by atoms with E-state index in [-0.39, 0.29) is 11.2 Å².